The van der Waals surface area contributed by atoms with Crippen molar-refractivity contribution in [2.45, 2.75) is 18.9 Å². The minimum absolute atomic E-state index is 0.300. The van der Waals surface area contributed by atoms with Crippen molar-refractivity contribution in [2.24, 2.45) is 0 Å². The monoisotopic (exact) mass is 373 g/mol. The van der Waals surface area contributed by atoms with E-state index in [1.54, 1.807) is 13.2 Å². The second kappa shape index (κ2) is 6.59. The van der Waals surface area contributed by atoms with Gasteiger partial charge in [0.2, 0.25) is 5.60 Å². The van der Waals surface area contributed by atoms with Crippen molar-refractivity contribution in [3.63, 3.8) is 0 Å². The van der Waals surface area contributed by atoms with Crippen molar-refractivity contribution in [2.75, 3.05) is 19.3 Å². The summed E-state index contributed by atoms with van der Waals surface area (Å²) in [5, 5.41) is 11.3. The van der Waals surface area contributed by atoms with Crippen LogP contribution >= 0.6 is 0 Å². The quantitative estimate of drug-likeness (QED) is 0.627. The molecule has 1 saturated heterocycles. The van der Waals surface area contributed by atoms with E-state index >= 15 is 0 Å². The normalized spacial score (nSPS) is 19.0. The molecule has 3 heterocycles. The molecule has 1 aliphatic rings. The number of pyridine rings is 1. The van der Waals surface area contributed by atoms with E-state index in [0.29, 0.717) is 35.7 Å². The molecule has 3 aromatic rings. The van der Waals surface area contributed by atoms with E-state index in [4.69, 9.17) is 5.73 Å². The Morgan fingerprint density at radius 1 is 1.29 bits per heavy atom. The smallest absolute Gasteiger partial charge is 0.267 e. The van der Waals surface area contributed by atoms with Crippen molar-refractivity contribution < 1.29 is 9.90 Å². The molecule has 0 aliphatic carbocycles. The third kappa shape index (κ3) is 3.15. The van der Waals surface area contributed by atoms with Crippen LogP contribution in [0.15, 0.2) is 36.5 Å². The van der Waals surface area contributed by atoms with E-state index in [0.717, 1.165) is 16.6 Å². The van der Waals surface area contributed by atoms with Gasteiger partial charge in [0, 0.05) is 48.4 Å². The van der Waals surface area contributed by atoms with Crippen LogP contribution in [0.25, 0.3) is 22.3 Å². The molecule has 140 valence electrons. The Kier molecular flexibility index (Phi) is 4.21. The van der Waals surface area contributed by atoms with Crippen molar-refractivity contribution in [3.8, 4) is 23.2 Å². The summed E-state index contributed by atoms with van der Waals surface area (Å²) in [7, 11) is 1.65. The van der Waals surface area contributed by atoms with Gasteiger partial charge < -0.3 is 15.7 Å². The highest BCUT2D eigenvalue weighted by Crippen LogP contribution is 2.23. The zero-order valence-electron chi connectivity index (χ0n) is 15.6. The number of aliphatic hydroxyl groups is 1. The third-order valence-electron chi connectivity index (χ3n) is 4.76. The minimum atomic E-state index is -1.62. The number of likely N-dealkylation sites (tertiary alicyclic amines) is 1. The lowest BCUT2D eigenvalue weighted by atomic mass is 10.0. The molecule has 1 aromatic carbocycles. The summed E-state index contributed by atoms with van der Waals surface area (Å²) in [6, 6.07) is 9.21. The number of nitrogen functional groups attached to an aromatic ring is 1. The number of aryl methyl sites for hydroxylation is 1. The highest BCUT2D eigenvalue weighted by molar-refractivity contribution is 5.90. The van der Waals surface area contributed by atoms with Crippen LogP contribution in [-0.2, 0) is 4.79 Å². The molecule has 0 bridgehead atoms. The van der Waals surface area contributed by atoms with Crippen molar-refractivity contribution in [1.82, 2.24) is 19.9 Å². The number of amides is 1. The van der Waals surface area contributed by atoms with Gasteiger partial charge in [-0.1, -0.05) is 24.0 Å². The molecule has 0 spiro atoms. The van der Waals surface area contributed by atoms with E-state index in [2.05, 4.69) is 26.8 Å². The average Bonchev–Trinajstić information content (AvgIpc) is 2.94. The van der Waals surface area contributed by atoms with E-state index < -0.39 is 5.60 Å². The van der Waals surface area contributed by atoms with Crippen molar-refractivity contribution in [3.05, 3.63) is 47.8 Å². The number of nitrogens with two attached hydrogens (primary N) is 1. The number of carbonyl (C=O) groups is 1. The van der Waals surface area contributed by atoms with E-state index in [9.17, 15) is 9.90 Å². The van der Waals surface area contributed by atoms with Crippen LogP contribution in [-0.4, -0.2) is 50.1 Å². The number of aromatic nitrogens is 3. The summed E-state index contributed by atoms with van der Waals surface area (Å²) in [6.07, 6.45) is 2.02. The maximum Gasteiger partial charge on any atom is 0.267 e. The van der Waals surface area contributed by atoms with Crippen molar-refractivity contribution in [1.29, 1.82) is 0 Å². The average molecular weight is 373 g/mol. The first-order valence-corrected chi connectivity index (χ1v) is 8.87. The molecule has 1 amide bonds. The number of anilines is 1. The zero-order valence-corrected chi connectivity index (χ0v) is 15.6. The highest BCUT2D eigenvalue weighted by atomic mass is 16.3. The van der Waals surface area contributed by atoms with Crippen LogP contribution in [0.3, 0.4) is 0 Å². The fourth-order valence-electron chi connectivity index (χ4n) is 3.22. The summed E-state index contributed by atoms with van der Waals surface area (Å²) in [6.45, 7) is 2.36. The molecule has 2 aromatic heterocycles. The summed E-state index contributed by atoms with van der Waals surface area (Å²) in [5.41, 5.74) is 7.21. The molecule has 1 unspecified atom stereocenters. The van der Waals surface area contributed by atoms with Crippen molar-refractivity contribution >= 4 is 22.6 Å². The number of fused-ring (bicyclic) bond motifs is 1. The fraction of sp³-hybridized carbons (Fsp3) is 0.238. The van der Waals surface area contributed by atoms with Gasteiger partial charge in [-0.3, -0.25) is 4.79 Å². The fourth-order valence-corrected chi connectivity index (χ4v) is 3.22. The third-order valence-corrected chi connectivity index (χ3v) is 4.76. The van der Waals surface area contributed by atoms with Gasteiger partial charge in [-0.2, -0.15) is 0 Å². The molecule has 7 heteroatoms. The molecular formula is C21H19N5O2. The number of nitrogens with zero attached hydrogens (tertiary/aromatic N) is 4. The van der Waals surface area contributed by atoms with Gasteiger partial charge in [0.25, 0.3) is 5.91 Å². The van der Waals surface area contributed by atoms with E-state index in [1.165, 1.54) is 4.90 Å². The lowest BCUT2D eigenvalue weighted by molar-refractivity contribution is -0.137. The van der Waals surface area contributed by atoms with Gasteiger partial charge in [0.05, 0.1) is 0 Å². The molecule has 4 rings (SSSR count). The maximum absolute atomic E-state index is 12.1. The first-order chi connectivity index (χ1) is 13.4. The van der Waals surface area contributed by atoms with Gasteiger partial charge in [-0.05, 0) is 25.1 Å². The lowest BCUT2D eigenvalue weighted by Crippen LogP contribution is -2.37. The Labute approximate surface area is 162 Å². The Morgan fingerprint density at radius 3 is 2.86 bits per heavy atom. The SMILES string of the molecule is Cc1cc2cnc(-c3cccc(C#CC4(O)CCN(C)C4=O)c3)nc2c(N)n1. The number of benzene rings is 1. The minimum Gasteiger partial charge on any atom is -0.382 e. The molecule has 0 radical (unpaired) electrons. The van der Waals surface area contributed by atoms with Crippen LogP contribution in [0.2, 0.25) is 0 Å². The second-order valence-corrected chi connectivity index (χ2v) is 6.95. The molecular weight excluding hydrogens is 354 g/mol. The lowest BCUT2D eigenvalue weighted by Gasteiger charge is -2.13. The summed E-state index contributed by atoms with van der Waals surface area (Å²) in [4.78, 5) is 26.7. The molecule has 1 fully saturated rings. The first kappa shape index (κ1) is 17.9. The number of carbonyl (C=O) groups excluding carboxylic acids is 1. The number of hydrogen-bond donors (Lipinski definition) is 2. The van der Waals surface area contributed by atoms with Gasteiger partial charge in [0.1, 0.15) is 11.3 Å². The van der Waals surface area contributed by atoms with Crippen LogP contribution < -0.4 is 5.73 Å². The largest absolute Gasteiger partial charge is 0.382 e. The van der Waals surface area contributed by atoms with E-state index in [-0.39, 0.29) is 5.91 Å². The summed E-state index contributed by atoms with van der Waals surface area (Å²) < 4.78 is 0. The van der Waals surface area contributed by atoms with Crippen LogP contribution in [0, 0.1) is 18.8 Å². The Bertz CT molecular complexity index is 1160. The van der Waals surface area contributed by atoms with Crippen LogP contribution in [0.1, 0.15) is 17.7 Å². The van der Waals surface area contributed by atoms with E-state index in [1.807, 2.05) is 37.3 Å². The van der Waals surface area contributed by atoms with Crippen LogP contribution in [0.4, 0.5) is 5.82 Å². The predicted molar refractivity (Wildman–Crippen MR) is 106 cm³/mol. The standard InChI is InChI=1S/C21H19N5O2/c1-13-10-16-12-23-19(25-17(16)18(22)24-13)15-5-3-4-14(11-15)6-7-21(28)8-9-26(2)20(21)27/h3-5,10-12,28H,8-9H2,1-2H3,(H2,22,24). The topological polar surface area (TPSA) is 105 Å². The predicted octanol–water partition coefficient (Wildman–Crippen LogP) is 1.53. The van der Waals surface area contributed by atoms with Crippen LogP contribution in [0.5, 0.6) is 0 Å². The molecule has 3 N–H and O–H groups in total. The van der Waals surface area contributed by atoms with Gasteiger partial charge in [-0.15, -0.1) is 0 Å². The molecule has 1 aliphatic heterocycles. The van der Waals surface area contributed by atoms with Gasteiger partial charge in [-0.25, -0.2) is 15.0 Å². The summed E-state index contributed by atoms with van der Waals surface area (Å²) >= 11 is 0. The summed E-state index contributed by atoms with van der Waals surface area (Å²) in [5.74, 6) is 6.12. The number of hydrogen-bond acceptors (Lipinski definition) is 6. The number of likely N-dealkylation sites (N-methyl/N-ethyl adjacent to an activating group) is 1. The Hall–Kier alpha value is -3.50. The molecule has 28 heavy (non-hydrogen) atoms. The maximum atomic E-state index is 12.1. The number of rotatable bonds is 1. The molecule has 0 saturated carbocycles. The Balaban J connectivity index is 1.70. The highest BCUT2D eigenvalue weighted by Gasteiger charge is 2.42. The Morgan fingerprint density at radius 2 is 2.11 bits per heavy atom. The van der Waals surface area contributed by atoms with Gasteiger partial charge >= 0.3 is 0 Å². The second-order valence-electron chi connectivity index (χ2n) is 6.95. The zero-order chi connectivity index (χ0) is 19.9. The molecule has 1 atom stereocenters. The molecule has 7 nitrogen and oxygen atoms in total. The first-order valence-electron chi connectivity index (χ1n) is 8.87. The van der Waals surface area contributed by atoms with Gasteiger partial charge in [0.15, 0.2) is 5.82 Å².